The van der Waals surface area contributed by atoms with Gasteiger partial charge < -0.3 is 15.5 Å². The summed E-state index contributed by atoms with van der Waals surface area (Å²) in [6, 6.07) is -0.0925. The van der Waals surface area contributed by atoms with Crippen LogP contribution in [-0.2, 0) is 0 Å². The molecule has 0 aromatic heterocycles. The number of aliphatic hydroxyl groups excluding tert-OH is 2. The Morgan fingerprint density at radius 1 is 1.12 bits per heavy atom. The van der Waals surface area contributed by atoms with Gasteiger partial charge >= 0.3 is 0 Å². The molecule has 96 valence electrons. The zero-order valence-electron chi connectivity index (χ0n) is 10.5. The van der Waals surface area contributed by atoms with Crippen molar-refractivity contribution in [2.45, 2.75) is 64.0 Å². The van der Waals surface area contributed by atoms with Crippen LogP contribution in [0.4, 0.5) is 0 Å². The van der Waals surface area contributed by atoms with Gasteiger partial charge in [-0.25, -0.2) is 0 Å². The van der Waals surface area contributed by atoms with Crippen molar-refractivity contribution in [2.75, 3.05) is 13.2 Å². The normalized spacial score (nSPS) is 29.8. The van der Waals surface area contributed by atoms with Crippen molar-refractivity contribution in [3.63, 3.8) is 0 Å². The topological polar surface area (TPSA) is 52.5 Å². The largest absolute Gasteiger partial charge is 0.395 e. The van der Waals surface area contributed by atoms with Crippen molar-refractivity contribution >= 4 is 0 Å². The number of aliphatic hydroxyl groups is 2. The second-order valence-corrected chi connectivity index (χ2v) is 5.00. The standard InChI is InChI=1S/C13H27NO2/c1-2-3-4-5-6-7-8-11-9-14-12(10-15)13(11)16/h11-16H,2-10H2,1H3/t11-,12-,13+/m0/s1. The Bertz CT molecular complexity index is 175. The summed E-state index contributed by atoms with van der Waals surface area (Å²) < 4.78 is 0. The molecule has 1 saturated heterocycles. The lowest BCUT2D eigenvalue weighted by Gasteiger charge is -2.16. The van der Waals surface area contributed by atoms with E-state index in [1.54, 1.807) is 0 Å². The van der Waals surface area contributed by atoms with E-state index in [9.17, 15) is 5.11 Å². The van der Waals surface area contributed by atoms with E-state index in [0.29, 0.717) is 5.92 Å². The molecule has 3 atom stereocenters. The highest BCUT2D eigenvalue weighted by atomic mass is 16.3. The Hall–Kier alpha value is -0.120. The first-order valence-corrected chi connectivity index (χ1v) is 6.82. The Labute approximate surface area is 99.3 Å². The number of nitrogens with one attached hydrogen (secondary N) is 1. The molecule has 1 aliphatic rings. The summed E-state index contributed by atoms with van der Waals surface area (Å²) in [6.07, 6.45) is 8.56. The maximum atomic E-state index is 9.87. The molecule has 1 fully saturated rings. The van der Waals surface area contributed by atoms with Crippen molar-refractivity contribution in [1.29, 1.82) is 0 Å². The Morgan fingerprint density at radius 3 is 2.44 bits per heavy atom. The summed E-state index contributed by atoms with van der Waals surface area (Å²) in [5.41, 5.74) is 0. The van der Waals surface area contributed by atoms with E-state index < -0.39 is 0 Å². The van der Waals surface area contributed by atoms with Gasteiger partial charge in [-0.05, 0) is 12.3 Å². The monoisotopic (exact) mass is 229 g/mol. The lowest BCUT2D eigenvalue weighted by molar-refractivity contribution is 0.0864. The van der Waals surface area contributed by atoms with Crippen LogP contribution in [0.25, 0.3) is 0 Å². The summed E-state index contributed by atoms with van der Waals surface area (Å²) in [6.45, 7) is 3.14. The van der Waals surface area contributed by atoms with E-state index in [1.807, 2.05) is 0 Å². The summed E-state index contributed by atoms with van der Waals surface area (Å²) in [5.74, 6) is 0.350. The highest BCUT2D eigenvalue weighted by Crippen LogP contribution is 2.21. The minimum absolute atomic E-state index is 0.0498. The minimum atomic E-state index is -0.347. The minimum Gasteiger partial charge on any atom is -0.395 e. The van der Waals surface area contributed by atoms with Crippen molar-refractivity contribution in [2.24, 2.45) is 5.92 Å². The molecular weight excluding hydrogens is 202 g/mol. The van der Waals surface area contributed by atoms with Gasteiger partial charge in [-0.1, -0.05) is 45.4 Å². The molecule has 1 aliphatic heterocycles. The molecule has 0 amide bonds. The van der Waals surface area contributed by atoms with E-state index in [4.69, 9.17) is 5.11 Å². The molecule has 3 N–H and O–H groups in total. The zero-order valence-corrected chi connectivity index (χ0v) is 10.5. The first kappa shape index (κ1) is 13.9. The third kappa shape index (κ3) is 4.40. The lowest BCUT2D eigenvalue weighted by Crippen LogP contribution is -2.34. The molecular formula is C13H27NO2. The smallest absolute Gasteiger partial charge is 0.0755 e. The molecule has 0 radical (unpaired) electrons. The molecule has 1 rings (SSSR count). The third-order valence-electron chi connectivity index (χ3n) is 3.66. The van der Waals surface area contributed by atoms with E-state index in [1.165, 1.54) is 38.5 Å². The van der Waals surface area contributed by atoms with Crippen LogP contribution in [-0.4, -0.2) is 35.5 Å². The van der Waals surface area contributed by atoms with E-state index in [2.05, 4.69) is 12.2 Å². The number of hydrogen-bond acceptors (Lipinski definition) is 3. The van der Waals surface area contributed by atoms with E-state index in [0.717, 1.165) is 13.0 Å². The summed E-state index contributed by atoms with van der Waals surface area (Å²) in [5, 5.41) is 22.0. The maximum Gasteiger partial charge on any atom is 0.0755 e. The second kappa shape index (κ2) is 8.04. The predicted molar refractivity (Wildman–Crippen MR) is 66.4 cm³/mol. The molecule has 0 bridgehead atoms. The Kier molecular flexibility index (Phi) is 7.01. The Morgan fingerprint density at radius 2 is 1.81 bits per heavy atom. The molecule has 0 spiro atoms. The average molecular weight is 229 g/mol. The van der Waals surface area contributed by atoms with E-state index in [-0.39, 0.29) is 18.8 Å². The van der Waals surface area contributed by atoms with Gasteiger partial charge in [-0.15, -0.1) is 0 Å². The second-order valence-electron chi connectivity index (χ2n) is 5.00. The van der Waals surface area contributed by atoms with Gasteiger partial charge in [-0.3, -0.25) is 0 Å². The number of hydrogen-bond donors (Lipinski definition) is 3. The van der Waals surface area contributed by atoms with Crippen molar-refractivity contribution < 1.29 is 10.2 Å². The van der Waals surface area contributed by atoms with Crippen LogP contribution in [0.2, 0.25) is 0 Å². The molecule has 0 unspecified atom stereocenters. The zero-order chi connectivity index (χ0) is 11.8. The van der Waals surface area contributed by atoms with Crippen molar-refractivity contribution in [3.8, 4) is 0 Å². The summed E-state index contributed by atoms with van der Waals surface area (Å²) in [4.78, 5) is 0. The molecule has 16 heavy (non-hydrogen) atoms. The van der Waals surface area contributed by atoms with Crippen LogP contribution >= 0.6 is 0 Å². The lowest BCUT2D eigenvalue weighted by atomic mass is 9.95. The fourth-order valence-electron chi connectivity index (χ4n) is 2.51. The fourth-order valence-corrected chi connectivity index (χ4v) is 2.51. The fraction of sp³-hybridized carbons (Fsp3) is 1.00. The van der Waals surface area contributed by atoms with Gasteiger partial charge in [-0.2, -0.15) is 0 Å². The van der Waals surface area contributed by atoms with Gasteiger partial charge in [0, 0.05) is 6.54 Å². The molecule has 0 aliphatic carbocycles. The average Bonchev–Trinajstić information content (AvgIpc) is 2.65. The van der Waals surface area contributed by atoms with Gasteiger partial charge in [0.1, 0.15) is 0 Å². The molecule has 0 aromatic carbocycles. The van der Waals surface area contributed by atoms with Crippen molar-refractivity contribution in [3.05, 3.63) is 0 Å². The first-order chi connectivity index (χ1) is 7.79. The van der Waals surface area contributed by atoms with Gasteiger partial charge in [0.25, 0.3) is 0 Å². The molecule has 0 saturated carbocycles. The summed E-state index contributed by atoms with van der Waals surface area (Å²) in [7, 11) is 0. The third-order valence-corrected chi connectivity index (χ3v) is 3.66. The highest BCUT2D eigenvalue weighted by molar-refractivity contribution is 4.89. The molecule has 1 heterocycles. The van der Waals surface area contributed by atoms with Gasteiger partial charge in [0.05, 0.1) is 18.8 Å². The summed E-state index contributed by atoms with van der Waals surface area (Å²) >= 11 is 0. The van der Waals surface area contributed by atoms with Crippen molar-refractivity contribution in [1.82, 2.24) is 5.32 Å². The number of rotatable bonds is 8. The van der Waals surface area contributed by atoms with Crippen LogP contribution in [0.1, 0.15) is 51.9 Å². The van der Waals surface area contributed by atoms with Crippen LogP contribution < -0.4 is 5.32 Å². The SMILES string of the molecule is CCCCCCCC[C@H]1CN[C@@H](CO)[C@@H]1O. The van der Waals surface area contributed by atoms with E-state index >= 15 is 0 Å². The van der Waals surface area contributed by atoms with Crippen LogP contribution in [0.5, 0.6) is 0 Å². The van der Waals surface area contributed by atoms with Crippen LogP contribution in [0, 0.1) is 5.92 Å². The predicted octanol–water partition coefficient (Wildman–Crippen LogP) is 1.68. The van der Waals surface area contributed by atoms with Crippen LogP contribution in [0.3, 0.4) is 0 Å². The molecule has 0 aromatic rings. The first-order valence-electron chi connectivity index (χ1n) is 6.82. The molecule has 3 nitrogen and oxygen atoms in total. The maximum absolute atomic E-state index is 9.87. The van der Waals surface area contributed by atoms with Gasteiger partial charge in [0.15, 0.2) is 0 Å². The highest BCUT2D eigenvalue weighted by Gasteiger charge is 2.32. The van der Waals surface area contributed by atoms with Gasteiger partial charge in [0.2, 0.25) is 0 Å². The molecule has 3 heteroatoms. The quantitative estimate of drug-likeness (QED) is 0.555. The Balaban J connectivity index is 2.01. The number of unbranched alkanes of at least 4 members (excludes halogenated alkanes) is 5. The van der Waals surface area contributed by atoms with Crippen LogP contribution in [0.15, 0.2) is 0 Å².